The first-order chi connectivity index (χ1) is 15.3. The van der Waals surface area contributed by atoms with Crippen molar-refractivity contribution in [2.45, 2.75) is 31.8 Å². The van der Waals surface area contributed by atoms with E-state index in [-0.39, 0.29) is 24.0 Å². The van der Waals surface area contributed by atoms with Gasteiger partial charge in [-0.3, -0.25) is 4.99 Å². The minimum absolute atomic E-state index is 0. The average molecular weight is 549 g/mol. The van der Waals surface area contributed by atoms with E-state index in [1.54, 1.807) is 0 Å². The summed E-state index contributed by atoms with van der Waals surface area (Å²) >= 11 is 0. The van der Waals surface area contributed by atoms with Crippen molar-refractivity contribution in [1.29, 1.82) is 0 Å². The van der Waals surface area contributed by atoms with E-state index in [4.69, 9.17) is 4.74 Å². The Kier molecular flexibility index (Phi) is 10.1. The summed E-state index contributed by atoms with van der Waals surface area (Å²) in [7, 11) is 1.90. The highest BCUT2D eigenvalue weighted by atomic mass is 127. The quantitative estimate of drug-likeness (QED) is 0.319. The molecule has 0 aromatic heterocycles. The number of rotatable bonds is 7. The predicted molar refractivity (Wildman–Crippen MR) is 143 cm³/mol. The molecule has 174 valence electrons. The Morgan fingerprint density at radius 1 is 0.969 bits per heavy atom. The first-order valence-electron chi connectivity index (χ1n) is 11.7. The molecule has 1 unspecified atom stereocenters. The van der Waals surface area contributed by atoms with Gasteiger partial charge < -0.3 is 19.9 Å². The summed E-state index contributed by atoms with van der Waals surface area (Å²) < 4.78 is 6.13. The maximum absolute atomic E-state index is 6.13. The van der Waals surface area contributed by atoms with Crippen molar-refractivity contribution in [3.8, 4) is 5.75 Å². The molecular formula is C26H37IN4O. The van der Waals surface area contributed by atoms with E-state index in [1.165, 1.54) is 25.1 Å². The normalized spacial score (nSPS) is 20.1. The summed E-state index contributed by atoms with van der Waals surface area (Å²) in [5, 5.41) is 3.65. The van der Waals surface area contributed by atoms with E-state index in [1.807, 2.05) is 37.4 Å². The molecule has 0 amide bonds. The van der Waals surface area contributed by atoms with Crippen molar-refractivity contribution < 1.29 is 4.74 Å². The van der Waals surface area contributed by atoms with Crippen LogP contribution in [0.3, 0.4) is 0 Å². The Bertz CT molecular complexity index is 809. The minimum Gasteiger partial charge on any atom is -0.490 e. The Labute approximate surface area is 210 Å². The number of para-hydroxylation sites is 1. The first-order valence-corrected chi connectivity index (χ1v) is 11.7. The smallest absolute Gasteiger partial charge is 0.193 e. The third-order valence-corrected chi connectivity index (χ3v) is 6.48. The van der Waals surface area contributed by atoms with Crippen LogP contribution in [0.4, 0.5) is 0 Å². The molecular weight excluding hydrogens is 511 g/mol. The van der Waals surface area contributed by atoms with Crippen LogP contribution in [0.2, 0.25) is 0 Å². The number of aliphatic imine (C=N–C) groups is 1. The number of ether oxygens (including phenoxy) is 1. The number of piperidine rings is 1. The van der Waals surface area contributed by atoms with E-state index < -0.39 is 0 Å². The maximum atomic E-state index is 6.13. The van der Waals surface area contributed by atoms with Gasteiger partial charge in [0.05, 0.1) is 0 Å². The summed E-state index contributed by atoms with van der Waals surface area (Å²) in [4.78, 5) is 9.54. The molecule has 5 nitrogen and oxygen atoms in total. The molecule has 32 heavy (non-hydrogen) atoms. The van der Waals surface area contributed by atoms with Crippen LogP contribution >= 0.6 is 24.0 Å². The zero-order chi connectivity index (χ0) is 21.3. The fourth-order valence-electron chi connectivity index (χ4n) is 4.66. The molecule has 2 aliphatic heterocycles. The van der Waals surface area contributed by atoms with Gasteiger partial charge in [-0.25, -0.2) is 0 Å². The molecule has 2 heterocycles. The minimum atomic E-state index is 0. The fourth-order valence-corrected chi connectivity index (χ4v) is 4.66. The molecule has 2 saturated heterocycles. The standard InChI is InChI=1S/C26H36N4O.HI/c1-27-26(30-18-14-25(15-19-30)31-24-10-6-3-7-11-24)28-20-23-13-17-29(21-23)16-12-22-8-4-2-5-9-22;/h2-11,23,25H,12-21H2,1H3,(H,27,28);1H. The lowest BCUT2D eigenvalue weighted by Gasteiger charge is -2.34. The van der Waals surface area contributed by atoms with Crippen LogP contribution in [0, 0.1) is 5.92 Å². The second-order valence-electron chi connectivity index (χ2n) is 8.74. The van der Waals surface area contributed by atoms with E-state index in [2.05, 4.69) is 50.4 Å². The number of hydrogen-bond donors (Lipinski definition) is 1. The monoisotopic (exact) mass is 548 g/mol. The molecule has 2 fully saturated rings. The van der Waals surface area contributed by atoms with Gasteiger partial charge in [-0.15, -0.1) is 24.0 Å². The molecule has 1 atom stereocenters. The van der Waals surface area contributed by atoms with Gasteiger partial charge in [-0.2, -0.15) is 0 Å². The molecule has 6 heteroatoms. The zero-order valence-corrected chi connectivity index (χ0v) is 21.5. The van der Waals surface area contributed by atoms with Gasteiger partial charge in [-0.05, 0) is 43.0 Å². The highest BCUT2D eigenvalue weighted by Gasteiger charge is 2.25. The first kappa shape index (κ1) is 24.8. The second-order valence-corrected chi connectivity index (χ2v) is 8.74. The van der Waals surface area contributed by atoms with Crippen LogP contribution in [0.15, 0.2) is 65.7 Å². The largest absolute Gasteiger partial charge is 0.490 e. The molecule has 0 radical (unpaired) electrons. The van der Waals surface area contributed by atoms with E-state index in [0.717, 1.165) is 57.2 Å². The molecule has 0 spiro atoms. The van der Waals surface area contributed by atoms with E-state index in [0.29, 0.717) is 12.0 Å². The van der Waals surface area contributed by atoms with E-state index in [9.17, 15) is 0 Å². The lowest BCUT2D eigenvalue weighted by atomic mass is 10.1. The van der Waals surface area contributed by atoms with Crippen molar-refractivity contribution in [3.63, 3.8) is 0 Å². The number of guanidine groups is 1. The number of benzene rings is 2. The van der Waals surface area contributed by atoms with Crippen LogP contribution in [-0.2, 0) is 6.42 Å². The summed E-state index contributed by atoms with van der Waals surface area (Å²) in [5.41, 5.74) is 1.43. The van der Waals surface area contributed by atoms with Crippen LogP contribution in [-0.4, -0.2) is 68.2 Å². The van der Waals surface area contributed by atoms with Crippen LogP contribution in [0.5, 0.6) is 5.75 Å². The average Bonchev–Trinajstić information content (AvgIpc) is 3.28. The number of nitrogens with one attached hydrogen (secondary N) is 1. The predicted octanol–water partition coefficient (Wildman–Crippen LogP) is 4.29. The zero-order valence-electron chi connectivity index (χ0n) is 19.2. The molecule has 1 N–H and O–H groups in total. The van der Waals surface area contributed by atoms with Crippen LogP contribution in [0.25, 0.3) is 0 Å². The topological polar surface area (TPSA) is 40.1 Å². The van der Waals surface area contributed by atoms with Crippen molar-refractivity contribution in [2.75, 3.05) is 46.3 Å². The third kappa shape index (κ3) is 7.37. The van der Waals surface area contributed by atoms with Gasteiger partial charge in [-0.1, -0.05) is 48.5 Å². The van der Waals surface area contributed by atoms with Crippen molar-refractivity contribution in [3.05, 3.63) is 66.2 Å². The van der Waals surface area contributed by atoms with Crippen LogP contribution in [0.1, 0.15) is 24.8 Å². The van der Waals surface area contributed by atoms with Gasteiger partial charge in [0.2, 0.25) is 0 Å². The molecule has 4 rings (SSSR count). The highest BCUT2D eigenvalue weighted by Crippen LogP contribution is 2.19. The number of likely N-dealkylation sites (tertiary alicyclic amines) is 2. The third-order valence-electron chi connectivity index (χ3n) is 6.48. The highest BCUT2D eigenvalue weighted by molar-refractivity contribution is 14.0. The maximum Gasteiger partial charge on any atom is 0.193 e. The second kappa shape index (κ2) is 13.0. The van der Waals surface area contributed by atoms with E-state index >= 15 is 0 Å². The lowest BCUT2D eigenvalue weighted by molar-refractivity contribution is 0.129. The fraction of sp³-hybridized carbons (Fsp3) is 0.500. The summed E-state index contributed by atoms with van der Waals surface area (Å²) in [6.45, 7) is 6.54. The number of nitrogens with zero attached hydrogens (tertiary/aromatic N) is 3. The molecule has 0 saturated carbocycles. The number of hydrogen-bond acceptors (Lipinski definition) is 3. The van der Waals surface area contributed by atoms with Gasteiger partial charge in [0.25, 0.3) is 0 Å². The number of halogens is 1. The Hall–Kier alpha value is -1.80. The van der Waals surface area contributed by atoms with Gasteiger partial charge in [0, 0.05) is 52.6 Å². The van der Waals surface area contributed by atoms with Gasteiger partial charge in [0.1, 0.15) is 11.9 Å². The summed E-state index contributed by atoms with van der Waals surface area (Å²) in [6.07, 6.45) is 4.78. The lowest BCUT2D eigenvalue weighted by Crippen LogP contribution is -2.48. The Morgan fingerprint density at radius 2 is 1.66 bits per heavy atom. The van der Waals surface area contributed by atoms with Crippen LogP contribution < -0.4 is 10.1 Å². The Morgan fingerprint density at radius 3 is 2.34 bits per heavy atom. The van der Waals surface area contributed by atoms with Crippen molar-refractivity contribution >= 4 is 29.9 Å². The van der Waals surface area contributed by atoms with Crippen molar-refractivity contribution in [2.24, 2.45) is 10.9 Å². The Balaban J connectivity index is 0.00000289. The summed E-state index contributed by atoms with van der Waals surface area (Å²) in [6, 6.07) is 21.0. The van der Waals surface area contributed by atoms with Gasteiger partial charge in [0.15, 0.2) is 5.96 Å². The molecule has 0 aliphatic carbocycles. The SMILES string of the molecule is CN=C(NCC1CCN(CCc2ccccc2)C1)N1CCC(Oc2ccccc2)CC1.I. The van der Waals surface area contributed by atoms with Gasteiger partial charge >= 0.3 is 0 Å². The van der Waals surface area contributed by atoms with Crippen molar-refractivity contribution in [1.82, 2.24) is 15.1 Å². The molecule has 2 aliphatic rings. The molecule has 0 bridgehead atoms. The molecule has 2 aromatic rings. The summed E-state index contributed by atoms with van der Waals surface area (Å²) in [5.74, 6) is 2.72. The molecule has 2 aromatic carbocycles.